The molecule has 0 aliphatic rings. The van der Waals surface area contributed by atoms with Crippen LogP contribution in [0.15, 0.2) is 36.6 Å². The van der Waals surface area contributed by atoms with Gasteiger partial charge in [0.1, 0.15) is 11.9 Å². The Kier molecular flexibility index (Phi) is 4.08. The topological polar surface area (TPSA) is 69.6 Å². The van der Waals surface area contributed by atoms with Crippen molar-refractivity contribution >= 4 is 11.6 Å². The standard InChI is InChI=1S/C12H15NO3/c1-8(14)12(16)7-10-4-3-5-11(6-10)13-9(2)15/h3-6,12,14,16H,1,7H2,2H3,(H,13,15). The van der Waals surface area contributed by atoms with Gasteiger partial charge in [0.05, 0.1) is 0 Å². The number of nitrogens with one attached hydrogen (secondary N) is 1. The molecular formula is C12H15NO3. The molecule has 0 fully saturated rings. The van der Waals surface area contributed by atoms with Gasteiger partial charge in [-0.2, -0.15) is 0 Å². The first kappa shape index (κ1) is 12.3. The van der Waals surface area contributed by atoms with E-state index in [2.05, 4.69) is 11.9 Å². The molecule has 3 N–H and O–H groups in total. The van der Waals surface area contributed by atoms with Crippen LogP contribution < -0.4 is 5.32 Å². The van der Waals surface area contributed by atoms with Crippen molar-refractivity contribution in [1.82, 2.24) is 0 Å². The van der Waals surface area contributed by atoms with Gasteiger partial charge in [0.2, 0.25) is 5.91 Å². The van der Waals surface area contributed by atoms with E-state index in [1.165, 1.54) is 6.92 Å². The summed E-state index contributed by atoms with van der Waals surface area (Å²) in [5.41, 5.74) is 1.48. The summed E-state index contributed by atoms with van der Waals surface area (Å²) >= 11 is 0. The molecule has 0 saturated carbocycles. The van der Waals surface area contributed by atoms with Crippen LogP contribution in [0.25, 0.3) is 0 Å². The van der Waals surface area contributed by atoms with Crippen molar-refractivity contribution in [2.45, 2.75) is 19.4 Å². The van der Waals surface area contributed by atoms with Gasteiger partial charge in [-0.25, -0.2) is 0 Å². The summed E-state index contributed by atoms with van der Waals surface area (Å²) in [6.07, 6.45) is -0.712. The molecular weight excluding hydrogens is 206 g/mol. The van der Waals surface area contributed by atoms with Gasteiger partial charge in [-0.05, 0) is 17.7 Å². The minimum absolute atomic E-state index is 0.149. The average molecular weight is 221 g/mol. The van der Waals surface area contributed by atoms with Gasteiger partial charge >= 0.3 is 0 Å². The van der Waals surface area contributed by atoms with Crippen LogP contribution in [0.4, 0.5) is 5.69 Å². The molecule has 1 unspecified atom stereocenters. The lowest BCUT2D eigenvalue weighted by molar-refractivity contribution is -0.114. The van der Waals surface area contributed by atoms with E-state index in [0.717, 1.165) is 5.56 Å². The molecule has 0 spiro atoms. The smallest absolute Gasteiger partial charge is 0.221 e. The van der Waals surface area contributed by atoms with E-state index in [-0.39, 0.29) is 18.1 Å². The predicted molar refractivity (Wildman–Crippen MR) is 62.2 cm³/mol. The summed E-state index contributed by atoms with van der Waals surface area (Å²) in [4.78, 5) is 10.8. The van der Waals surface area contributed by atoms with Gasteiger partial charge in [-0.15, -0.1) is 0 Å². The molecule has 86 valence electrons. The highest BCUT2D eigenvalue weighted by Crippen LogP contribution is 2.13. The minimum Gasteiger partial charge on any atom is -0.510 e. The predicted octanol–water partition coefficient (Wildman–Crippen LogP) is 1.62. The first-order valence-corrected chi connectivity index (χ1v) is 4.91. The maximum atomic E-state index is 10.8. The lowest BCUT2D eigenvalue weighted by Gasteiger charge is -2.10. The fourth-order valence-electron chi connectivity index (χ4n) is 1.32. The van der Waals surface area contributed by atoms with E-state index in [4.69, 9.17) is 5.11 Å². The zero-order chi connectivity index (χ0) is 12.1. The largest absolute Gasteiger partial charge is 0.510 e. The Bertz CT molecular complexity index is 401. The molecule has 4 nitrogen and oxygen atoms in total. The molecule has 1 atom stereocenters. The molecule has 0 heterocycles. The number of carbonyl (C=O) groups is 1. The van der Waals surface area contributed by atoms with E-state index in [1.807, 2.05) is 0 Å². The molecule has 1 aromatic carbocycles. The molecule has 0 saturated heterocycles. The first-order valence-electron chi connectivity index (χ1n) is 4.91. The van der Waals surface area contributed by atoms with Crippen molar-refractivity contribution in [2.24, 2.45) is 0 Å². The third-order valence-electron chi connectivity index (χ3n) is 2.06. The minimum atomic E-state index is -0.979. The maximum Gasteiger partial charge on any atom is 0.221 e. The van der Waals surface area contributed by atoms with Gasteiger partial charge in [0.15, 0.2) is 0 Å². The summed E-state index contributed by atoms with van der Waals surface area (Å²) < 4.78 is 0. The number of benzene rings is 1. The van der Waals surface area contributed by atoms with Crippen LogP contribution in [-0.2, 0) is 11.2 Å². The van der Waals surface area contributed by atoms with Crippen LogP contribution in [-0.4, -0.2) is 22.2 Å². The van der Waals surface area contributed by atoms with Crippen LogP contribution in [0.2, 0.25) is 0 Å². The monoisotopic (exact) mass is 221 g/mol. The number of hydrogen-bond donors (Lipinski definition) is 3. The number of aliphatic hydroxyl groups excluding tert-OH is 2. The summed E-state index contributed by atoms with van der Waals surface area (Å²) in [6, 6.07) is 7.07. The lowest BCUT2D eigenvalue weighted by Crippen LogP contribution is -2.13. The van der Waals surface area contributed by atoms with Crippen molar-refractivity contribution in [3.63, 3.8) is 0 Å². The molecule has 4 heteroatoms. The first-order chi connectivity index (χ1) is 7.49. The van der Waals surface area contributed by atoms with Crippen LogP contribution in [0.1, 0.15) is 12.5 Å². The van der Waals surface area contributed by atoms with E-state index in [0.29, 0.717) is 5.69 Å². The van der Waals surface area contributed by atoms with Crippen molar-refractivity contribution in [3.8, 4) is 0 Å². The Morgan fingerprint density at radius 2 is 2.25 bits per heavy atom. The van der Waals surface area contributed by atoms with Crippen molar-refractivity contribution < 1.29 is 15.0 Å². The highest BCUT2D eigenvalue weighted by Gasteiger charge is 2.08. The summed E-state index contributed by atoms with van der Waals surface area (Å²) in [7, 11) is 0. The third-order valence-corrected chi connectivity index (χ3v) is 2.06. The van der Waals surface area contributed by atoms with E-state index in [1.54, 1.807) is 24.3 Å². The summed E-state index contributed by atoms with van der Waals surface area (Å²) in [5, 5.41) is 21.0. The Hall–Kier alpha value is -1.81. The number of carbonyl (C=O) groups excluding carboxylic acids is 1. The maximum absolute atomic E-state index is 10.8. The molecule has 1 amide bonds. The molecule has 0 bridgehead atoms. The molecule has 0 aromatic heterocycles. The zero-order valence-electron chi connectivity index (χ0n) is 9.10. The van der Waals surface area contributed by atoms with Gasteiger partial charge < -0.3 is 15.5 Å². The van der Waals surface area contributed by atoms with Crippen molar-refractivity contribution in [3.05, 3.63) is 42.2 Å². The second-order valence-corrected chi connectivity index (χ2v) is 3.59. The Labute approximate surface area is 94.2 Å². The molecule has 0 aliphatic heterocycles. The lowest BCUT2D eigenvalue weighted by atomic mass is 10.1. The van der Waals surface area contributed by atoms with Gasteiger partial charge in [0, 0.05) is 19.0 Å². The number of amides is 1. The highest BCUT2D eigenvalue weighted by atomic mass is 16.3. The molecule has 1 aromatic rings. The normalized spacial score (nSPS) is 11.9. The number of anilines is 1. The number of rotatable bonds is 4. The number of aliphatic hydroxyl groups is 2. The highest BCUT2D eigenvalue weighted by molar-refractivity contribution is 5.88. The van der Waals surface area contributed by atoms with E-state index < -0.39 is 6.10 Å². The molecule has 1 rings (SSSR count). The van der Waals surface area contributed by atoms with Gasteiger partial charge in [-0.3, -0.25) is 4.79 Å². The van der Waals surface area contributed by atoms with Gasteiger partial charge in [0.25, 0.3) is 0 Å². The third kappa shape index (κ3) is 3.74. The average Bonchev–Trinajstić information content (AvgIpc) is 2.16. The van der Waals surface area contributed by atoms with Crippen LogP contribution in [0, 0.1) is 0 Å². The van der Waals surface area contributed by atoms with E-state index in [9.17, 15) is 9.90 Å². The van der Waals surface area contributed by atoms with E-state index >= 15 is 0 Å². The molecule has 0 aliphatic carbocycles. The van der Waals surface area contributed by atoms with Crippen molar-refractivity contribution in [1.29, 1.82) is 0 Å². The molecule has 0 radical (unpaired) electrons. The van der Waals surface area contributed by atoms with Crippen LogP contribution >= 0.6 is 0 Å². The fraction of sp³-hybridized carbons (Fsp3) is 0.250. The van der Waals surface area contributed by atoms with Crippen LogP contribution in [0.3, 0.4) is 0 Å². The molecule has 16 heavy (non-hydrogen) atoms. The Morgan fingerprint density at radius 1 is 1.56 bits per heavy atom. The SMILES string of the molecule is C=C(O)C(O)Cc1cccc(NC(C)=O)c1. The second-order valence-electron chi connectivity index (χ2n) is 3.59. The summed E-state index contributed by atoms with van der Waals surface area (Å²) in [6.45, 7) is 4.69. The Morgan fingerprint density at radius 3 is 2.81 bits per heavy atom. The Balaban J connectivity index is 2.74. The second kappa shape index (κ2) is 5.32. The number of hydrogen-bond acceptors (Lipinski definition) is 3. The fourth-order valence-corrected chi connectivity index (χ4v) is 1.32. The van der Waals surface area contributed by atoms with Gasteiger partial charge in [-0.1, -0.05) is 18.7 Å². The quantitative estimate of drug-likeness (QED) is 0.677. The van der Waals surface area contributed by atoms with Crippen molar-refractivity contribution in [2.75, 3.05) is 5.32 Å². The zero-order valence-corrected chi connectivity index (χ0v) is 9.10. The summed E-state index contributed by atoms with van der Waals surface area (Å²) in [5.74, 6) is -0.408. The van der Waals surface area contributed by atoms with Crippen LogP contribution in [0.5, 0.6) is 0 Å².